The van der Waals surface area contributed by atoms with E-state index in [1.165, 1.54) is 0 Å². The van der Waals surface area contributed by atoms with Gasteiger partial charge in [0.05, 0.1) is 5.41 Å². The van der Waals surface area contributed by atoms with Crippen molar-refractivity contribution in [3.05, 3.63) is 0 Å². The van der Waals surface area contributed by atoms with Gasteiger partial charge in [0.25, 0.3) is 0 Å². The molecule has 1 aliphatic heterocycles. The number of unbranched alkanes of at least 4 members (excludes halogenated alkanes) is 1. The van der Waals surface area contributed by atoms with Crippen LogP contribution in [0.3, 0.4) is 0 Å². The summed E-state index contributed by atoms with van der Waals surface area (Å²) in [5.41, 5.74) is 1.86. The first-order chi connectivity index (χ1) is 8.51. The highest BCUT2D eigenvalue weighted by molar-refractivity contribution is 5.82. The van der Waals surface area contributed by atoms with E-state index < -0.39 is 0 Å². The number of nitrogens with one attached hydrogen (secondary N) is 2. The maximum Gasteiger partial charge on any atom is 0.233 e. The largest absolute Gasteiger partial charge is 0.359 e. The number of likely N-dealkylation sites (tertiary alicyclic amines) is 1. The number of carbonyl (C=O) groups excluding carboxylic acids is 2. The summed E-state index contributed by atoms with van der Waals surface area (Å²) in [7, 11) is 1.68. The lowest BCUT2D eigenvalue weighted by Crippen LogP contribution is -2.39. The van der Waals surface area contributed by atoms with E-state index in [1.54, 1.807) is 7.05 Å². The Morgan fingerprint density at radius 3 is 2.72 bits per heavy atom. The van der Waals surface area contributed by atoms with Crippen molar-refractivity contribution < 1.29 is 9.59 Å². The van der Waals surface area contributed by atoms with Crippen LogP contribution in [0.1, 0.15) is 32.6 Å². The Morgan fingerprint density at radius 2 is 2.11 bits per heavy atom. The lowest BCUT2D eigenvalue weighted by atomic mass is 9.89. The Bertz CT molecular complexity index is 308. The van der Waals surface area contributed by atoms with E-state index in [0.717, 1.165) is 38.9 Å². The van der Waals surface area contributed by atoms with Gasteiger partial charge < -0.3 is 10.2 Å². The first-order valence-corrected chi connectivity index (χ1v) is 6.46. The summed E-state index contributed by atoms with van der Waals surface area (Å²) >= 11 is 0. The summed E-state index contributed by atoms with van der Waals surface area (Å²) in [6.45, 7) is 4.70. The average molecular weight is 256 g/mol. The van der Waals surface area contributed by atoms with Crippen molar-refractivity contribution in [1.29, 1.82) is 0 Å². The molecular weight excluding hydrogens is 232 g/mol. The molecule has 4 N–H and O–H groups in total. The highest BCUT2D eigenvalue weighted by Gasteiger charge is 2.39. The van der Waals surface area contributed by atoms with E-state index in [-0.39, 0.29) is 17.2 Å². The van der Waals surface area contributed by atoms with Crippen LogP contribution in [0.25, 0.3) is 0 Å². The van der Waals surface area contributed by atoms with Gasteiger partial charge in [0, 0.05) is 20.0 Å². The maximum atomic E-state index is 11.7. The molecule has 2 amide bonds. The van der Waals surface area contributed by atoms with Crippen molar-refractivity contribution in [1.82, 2.24) is 15.6 Å². The summed E-state index contributed by atoms with van der Waals surface area (Å²) < 4.78 is 0. The molecule has 104 valence electrons. The molecule has 6 nitrogen and oxygen atoms in total. The van der Waals surface area contributed by atoms with Crippen molar-refractivity contribution >= 4 is 11.8 Å². The van der Waals surface area contributed by atoms with Crippen LogP contribution in [0.2, 0.25) is 0 Å². The zero-order valence-corrected chi connectivity index (χ0v) is 11.3. The smallest absolute Gasteiger partial charge is 0.233 e. The van der Waals surface area contributed by atoms with Gasteiger partial charge in [-0.1, -0.05) is 0 Å². The van der Waals surface area contributed by atoms with Gasteiger partial charge in [0.1, 0.15) is 0 Å². The second-order valence-electron chi connectivity index (χ2n) is 5.19. The number of hydrogen-bond acceptors (Lipinski definition) is 4. The van der Waals surface area contributed by atoms with Crippen LogP contribution >= 0.6 is 0 Å². The third-order valence-electron chi connectivity index (χ3n) is 3.62. The Morgan fingerprint density at radius 1 is 1.39 bits per heavy atom. The summed E-state index contributed by atoms with van der Waals surface area (Å²) in [5.74, 6) is 5.01. The van der Waals surface area contributed by atoms with Crippen molar-refractivity contribution in [2.45, 2.75) is 32.6 Å². The molecule has 0 saturated carbocycles. The Hall–Kier alpha value is -1.14. The van der Waals surface area contributed by atoms with Gasteiger partial charge >= 0.3 is 0 Å². The minimum atomic E-state index is -0.261. The molecular formula is C12H24N4O2. The monoisotopic (exact) mass is 256 g/mol. The summed E-state index contributed by atoms with van der Waals surface area (Å²) in [6, 6.07) is 0. The molecule has 1 heterocycles. The van der Waals surface area contributed by atoms with Crippen LogP contribution < -0.4 is 16.6 Å². The molecule has 0 aromatic rings. The summed E-state index contributed by atoms with van der Waals surface area (Å²) in [5, 5.41) is 2.73. The molecule has 0 radical (unpaired) electrons. The number of hydrazine groups is 1. The van der Waals surface area contributed by atoms with E-state index in [4.69, 9.17) is 5.84 Å². The number of amides is 2. The predicted octanol–water partition coefficient (Wildman–Crippen LogP) is -0.395. The van der Waals surface area contributed by atoms with Crippen molar-refractivity contribution in [2.24, 2.45) is 11.3 Å². The summed E-state index contributed by atoms with van der Waals surface area (Å²) in [4.78, 5) is 25.0. The molecule has 1 atom stereocenters. The van der Waals surface area contributed by atoms with Crippen LogP contribution in [0, 0.1) is 5.41 Å². The molecule has 0 spiro atoms. The fraction of sp³-hybridized carbons (Fsp3) is 0.833. The third-order valence-corrected chi connectivity index (χ3v) is 3.62. The zero-order valence-electron chi connectivity index (χ0n) is 11.3. The molecule has 1 fully saturated rings. The molecule has 18 heavy (non-hydrogen) atoms. The van der Waals surface area contributed by atoms with E-state index >= 15 is 0 Å². The molecule has 0 bridgehead atoms. The number of rotatable bonds is 6. The van der Waals surface area contributed by atoms with Gasteiger partial charge in [-0.3, -0.25) is 15.0 Å². The molecule has 1 unspecified atom stereocenters. The fourth-order valence-electron chi connectivity index (χ4n) is 2.43. The lowest BCUT2D eigenvalue weighted by molar-refractivity contribution is -0.129. The van der Waals surface area contributed by atoms with Gasteiger partial charge in [-0.2, -0.15) is 0 Å². The SMILES string of the molecule is CNC(=O)C1(C)CCN(CCCCC(=O)NN)C1. The van der Waals surface area contributed by atoms with Crippen molar-refractivity contribution in [2.75, 3.05) is 26.7 Å². The molecule has 6 heteroatoms. The van der Waals surface area contributed by atoms with E-state index in [0.29, 0.717) is 6.42 Å². The molecule has 0 aliphatic carbocycles. The second-order valence-corrected chi connectivity index (χ2v) is 5.19. The Labute approximate surface area is 108 Å². The maximum absolute atomic E-state index is 11.7. The van der Waals surface area contributed by atoms with Gasteiger partial charge in [-0.15, -0.1) is 0 Å². The van der Waals surface area contributed by atoms with Crippen LogP contribution in [0.5, 0.6) is 0 Å². The van der Waals surface area contributed by atoms with Crippen LogP contribution in [-0.2, 0) is 9.59 Å². The van der Waals surface area contributed by atoms with Gasteiger partial charge in [0.2, 0.25) is 11.8 Å². The fourth-order valence-corrected chi connectivity index (χ4v) is 2.43. The normalized spacial score (nSPS) is 23.9. The van der Waals surface area contributed by atoms with E-state index in [9.17, 15) is 9.59 Å². The Balaban J connectivity index is 2.22. The minimum Gasteiger partial charge on any atom is -0.359 e. The number of nitrogens with zero attached hydrogens (tertiary/aromatic N) is 1. The number of hydrogen-bond donors (Lipinski definition) is 3. The molecule has 1 aliphatic rings. The first kappa shape index (κ1) is 14.9. The van der Waals surface area contributed by atoms with Gasteiger partial charge in [-0.05, 0) is 39.3 Å². The highest BCUT2D eigenvalue weighted by Crippen LogP contribution is 2.30. The Kier molecular flexibility index (Phi) is 5.55. The first-order valence-electron chi connectivity index (χ1n) is 6.46. The molecule has 0 aromatic carbocycles. The number of carbonyl (C=O) groups is 2. The lowest BCUT2D eigenvalue weighted by Gasteiger charge is -2.22. The molecule has 0 aromatic heterocycles. The van der Waals surface area contributed by atoms with E-state index in [2.05, 4.69) is 15.6 Å². The predicted molar refractivity (Wildman–Crippen MR) is 69.4 cm³/mol. The quantitative estimate of drug-likeness (QED) is 0.261. The minimum absolute atomic E-state index is 0.118. The van der Waals surface area contributed by atoms with E-state index in [1.807, 2.05) is 6.92 Å². The second kappa shape index (κ2) is 6.70. The van der Waals surface area contributed by atoms with Crippen LogP contribution in [0.4, 0.5) is 0 Å². The topological polar surface area (TPSA) is 87.5 Å². The van der Waals surface area contributed by atoms with Crippen LogP contribution in [0.15, 0.2) is 0 Å². The van der Waals surface area contributed by atoms with Crippen molar-refractivity contribution in [3.8, 4) is 0 Å². The standard InChI is InChI=1S/C12H24N4O2/c1-12(11(18)14-2)6-8-16(9-12)7-4-3-5-10(17)15-13/h3-9,13H2,1-2H3,(H,14,18)(H,15,17). The molecule has 1 saturated heterocycles. The third kappa shape index (κ3) is 3.96. The van der Waals surface area contributed by atoms with Gasteiger partial charge in [-0.25, -0.2) is 5.84 Å². The highest BCUT2D eigenvalue weighted by atomic mass is 16.2. The average Bonchev–Trinajstić information content (AvgIpc) is 2.76. The summed E-state index contributed by atoms with van der Waals surface area (Å²) in [6.07, 6.45) is 3.15. The number of nitrogens with two attached hydrogens (primary N) is 1. The van der Waals surface area contributed by atoms with Gasteiger partial charge in [0.15, 0.2) is 0 Å². The van der Waals surface area contributed by atoms with Crippen LogP contribution in [-0.4, -0.2) is 43.4 Å². The molecule has 1 rings (SSSR count). The zero-order chi connectivity index (χ0) is 13.6. The van der Waals surface area contributed by atoms with Crippen molar-refractivity contribution in [3.63, 3.8) is 0 Å².